The van der Waals surface area contributed by atoms with E-state index < -0.39 is 0 Å². The molecular formula is C9H14S. The first-order valence-electron chi connectivity index (χ1n) is 3.70. The van der Waals surface area contributed by atoms with Crippen LogP contribution in [0.5, 0.6) is 0 Å². The Morgan fingerprint density at radius 1 is 1.50 bits per heavy atom. The summed E-state index contributed by atoms with van der Waals surface area (Å²) in [5.74, 6) is 0. The van der Waals surface area contributed by atoms with Gasteiger partial charge < -0.3 is 0 Å². The predicted molar refractivity (Wildman–Crippen MR) is 49.2 cm³/mol. The van der Waals surface area contributed by atoms with Gasteiger partial charge in [0.05, 0.1) is 0 Å². The summed E-state index contributed by atoms with van der Waals surface area (Å²) in [5.41, 5.74) is 1.45. The van der Waals surface area contributed by atoms with Crippen LogP contribution < -0.4 is 0 Å². The van der Waals surface area contributed by atoms with Gasteiger partial charge in [-0.1, -0.05) is 19.1 Å². The zero-order chi connectivity index (χ0) is 7.61. The van der Waals surface area contributed by atoms with E-state index in [9.17, 15) is 0 Å². The second-order valence-electron chi connectivity index (χ2n) is 3.10. The molecular weight excluding hydrogens is 140 g/mol. The summed E-state index contributed by atoms with van der Waals surface area (Å²) >= 11 is 1.90. The molecule has 56 valence electrons. The predicted octanol–water partition coefficient (Wildman–Crippen LogP) is 3.36. The maximum Gasteiger partial charge on any atom is 0.0327 e. The maximum absolute atomic E-state index is 2.27. The average Bonchev–Trinajstić information content (AvgIpc) is 1.88. The van der Waals surface area contributed by atoms with Gasteiger partial charge in [0.25, 0.3) is 0 Å². The Labute approximate surface area is 67.4 Å². The second-order valence-corrected chi connectivity index (χ2v) is 4.62. The lowest BCUT2D eigenvalue weighted by atomic mass is 10.1. The molecule has 0 aromatic carbocycles. The Bertz CT molecular complexity index is 175. The summed E-state index contributed by atoms with van der Waals surface area (Å²) < 4.78 is 0.318. The van der Waals surface area contributed by atoms with Crippen molar-refractivity contribution in [3.63, 3.8) is 0 Å². The smallest absolute Gasteiger partial charge is 0.0327 e. The molecule has 0 aromatic heterocycles. The highest BCUT2D eigenvalue weighted by molar-refractivity contribution is 8.03. The normalized spacial score (nSPS) is 22.5. The molecule has 0 radical (unpaired) electrons. The standard InChI is InChI=1S/C9H14S/c1-4-8-5-6-9(2,3)10-7-8/h5-7H,4H2,1-3H3. The van der Waals surface area contributed by atoms with Crippen molar-refractivity contribution in [1.29, 1.82) is 0 Å². The van der Waals surface area contributed by atoms with E-state index in [4.69, 9.17) is 0 Å². The van der Waals surface area contributed by atoms with Crippen LogP contribution in [0.15, 0.2) is 23.1 Å². The van der Waals surface area contributed by atoms with E-state index in [1.165, 1.54) is 5.57 Å². The van der Waals surface area contributed by atoms with Gasteiger partial charge in [-0.3, -0.25) is 0 Å². The molecule has 10 heavy (non-hydrogen) atoms. The van der Waals surface area contributed by atoms with E-state index in [1.807, 2.05) is 11.8 Å². The molecule has 1 aliphatic heterocycles. The highest BCUT2D eigenvalue weighted by atomic mass is 32.2. The number of allylic oxidation sites excluding steroid dienone is 2. The SMILES string of the molecule is CCC1=CSC(C)(C)C=C1. The van der Waals surface area contributed by atoms with Gasteiger partial charge in [-0.2, -0.15) is 0 Å². The molecule has 0 saturated carbocycles. The Kier molecular flexibility index (Phi) is 2.24. The molecule has 0 aliphatic carbocycles. The van der Waals surface area contributed by atoms with Gasteiger partial charge in [-0.05, 0) is 31.2 Å². The highest BCUT2D eigenvalue weighted by Crippen LogP contribution is 2.32. The molecule has 0 unspecified atom stereocenters. The summed E-state index contributed by atoms with van der Waals surface area (Å²) in [6, 6.07) is 0. The zero-order valence-corrected chi connectivity index (χ0v) is 7.66. The summed E-state index contributed by atoms with van der Waals surface area (Å²) in [7, 11) is 0. The average molecular weight is 154 g/mol. The zero-order valence-electron chi connectivity index (χ0n) is 6.85. The number of hydrogen-bond donors (Lipinski definition) is 0. The minimum Gasteiger partial charge on any atom is -0.123 e. The molecule has 0 nitrogen and oxygen atoms in total. The fraction of sp³-hybridized carbons (Fsp3) is 0.556. The molecule has 0 fully saturated rings. The summed E-state index contributed by atoms with van der Waals surface area (Å²) in [5, 5.41) is 2.26. The molecule has 1 aliphatic rings. The van der Waals surface area contributed by atoms with Crippen molar-refractivity contribution in [3.05, 3.63) is 23.1 Å². The molecule has 1 heterocycles. The summed E-state index contributed by atoms with van der Waals surface area (Å²) in [6.45, 7) is 6.66. The van der Waals surface area contributed by atoms with Gasteiger partial charge in [0.2, 0.25) is 0 Å². The van der Waals surface area contributed by atoms with Crippen LogP contribution in [0.1, 0.15) is 27.2 Å². The first-order valence-corrected chi connectivity index (χ1v) is 4.58. The van der Waals surface area contributed by atoms with Gasteiger partial charge in [0.15, 0.2) is 0 Å². The Morgan fingerprint density at radius 3 is 2.60 bits per heavy atom. The van der Waals surface area contributed by atoms with Crippen LogP contribution >= 0.6 is 11.8 Å². The van der Waals surface area contributed by atoms with Crippen molar-refractivity contribution in [2.75, 3.05) is 0 Å². The molecule has 1 heteroatoms. The lowest BCUT2D eigenvalue weighted by Gasteiger charge is -2.21. The van der Waals surface area contributed by atoms with Crippen molar-refractivity contribution in [3.8, 4) is 0 Å². The molecule has 0 N–H and O–H groups in total. The Morgan fingerprint density at radius 2 is 2.20 bits per heavy atom. The fourth-order valence-electron chi connectivity index (χ4n) is 0.815. The van der Waals surface area contributed by atoms with Crippen LogP contribution in [-0.2, 0) is 0 Å². The second kappa shape index (κ2) is 2.83. The molecule has 0 spiro atoms. The molecule has 0 amide bonds. The molecule has 0 aromatic rings. The van der Waals surface area contributed by atoms with Crippen molar-refractivity contribution >= 4 is 11.8 Å². The van der Waals surface area contributed by atoms with E-state index in [-0.39, 0.29) is 0 Å². The van der Waals surface area contributed by atoms with Gasteiger partial charge in [0, 0.05) is 4.75 Å². The monoisotopic (exact) mass is 154 g/mol. The van der Waals surface area contributed by atoms with Crippen LogP contribution in [0.2, 0.25) is 0 Å². The van der Waals surface area contributed by atoms with Crippen LogP contribution in [-0.4, -0.2) is 4.75 Å². The number of thioether (sulfide) groups is 1. The summed E-state index contributed by atoms with van der Waals surface area (Å²) in [4.78, 5) is 0. The van der Waals surface area contributed by atoms with Crippen LogP contribution in [0.25, 0.3) is 0 Å². The number of rotatable bonds is 1. The minimum atomic E-state index is 0.318. The van der Waals surface area contributed by atoms with Crippen LogP contribution in [0, 0.1) is 0 Å². The number of hydrogen-bond acceptors (Lipinski definition) is 1. The third kappa shape index (κ3) is 1.91. The Hall–Kier alpha value is -0.170. The lowest BCUT2D eigenvalue weighted by molar-refractivity contribution is 0.895. The topological polar surface area (TPSA) is 0 Å². The maximum atomic E-state index is 2.27. The van der Waals surface area contributed by atoms with Gasteiger partial charge >= 0.3 is 0 Å². The van der Waals surface area contributed by atoms with E-state index in [2.05, 4.69) is 38.3 Å². The van der Waals surface area contributed by atoms with Crippen molar-refractivity contribution in [2.45, 2.75) is 31.9 Å². The molecule has 0 saturated heterocycles. The van der Waals surface area contributed by atoms with E-state index >= 15 is 0 Å². The van der Waals surface area contributed by atoms with E-state index in [0.29, 0.717) is 4.75 Å². The van der Waals surface area contributed by atoms with Crippen LogP contribution in [0.4, 0.5) is 0 Å². The van der Waals surface area contributed by atoms with Gasteiger partial charge in [-0.15, -0.1) is 11.8 Å². The first kappa shape index (κ1) is 7.93. The van der Waals surface area contributed by atoms with Crippen molar-refractivity contribution in [1.82, 2.24) is 0 Å². The lowest BCUT2D eigenvalue weighted by Crippen LogP contribution is -2.10. The van der Waals surface area contributed by atoms with E-state index in [0.717, 1.165) is 6.42 Å². The molecule has 1 rings (SSSR count). The quantitative estimate of drug-likeness (QED) is 0.558. The molecule has 0 atom stereocenters. The summed E-state index contributed by atoms with van der Waals surface area (Å²) in [6.07, 6.45) is 5.66. The largest absolute Gasteiger partial charge is 0.123 e. The van der Waals surface area contributed by atoms with Gasteiger partial charge in [0.1, 0.15) is 0 Å². The highest BCUT2D eigenvalue weighted by Gasteiger charge is 2.15. The molecule has 0 bridgehead atoms. The Balaban J connectivity index is 2.63. The van der Waals surface area contributed by atoms with Crippen molar-refractivity contribution in [2.24, 2.45) is 0 Å². The third-order valence-corrected chi connectivity index (χ3v) is 2.79. The van der Waals surface area contributed by atoms with Gasteiger partial charge in [-0.25, -0.2) is 0 Å². The fourth-order valence-corrected chi connectivity index (χ4v) is 1.66. The first-order chi connectivity index (χ1) is 4.64. The third-order valence-electron chi connectivity index (χ3n) is 1.62. The van der Waals surface area contributed by atoms with Crippen LogP contribution in [0.3, 0.4) is 0 Å². The minimum absolute atomic E-state index is 0.318. The van der Waals surface area contributed by atoms with Crippen molar-refractivity contribution < 1.29 is 0 Å². The van der Waals surface area contributed by atoms with E-state index in [1.54, 1.807) is 0 Å².